The monoisotopic (exact) mass is 397 g/mol. The summed E-state index contributed by atoms with van der Waals surface area (Å²) in [5.74, 6) is -0.139. The quantitative estimate of drug-likeness (QED) is 0.618. The molecule has 0 saturated heterocycles. The third kappa shape index (κ3) is 3.55. The van der Waals surface area contributed by atoms with E-state index < -0.39 is 10.0 Å². The lowest BCUT2D eigenvalue weighted by atomic mass is 9.95. The van der Waals surface area contributed by atoms with Crippen LogP contribution in [-0.2, 0) is 29.4 Å². The number of aryl methyl sites for hydroxylation is 2. The summed E-state index contributed by atoms with van der Waals surface area (Å²) in [6.45, 7) is 0.335. The van der Waals surface area contributed by atoms with Crippen LogP contribution in [0.1, 0.15) is 40.0 Å². The number of hydrogen-bond donors (Lipinski definition) is 3. The van der Waals surface area contributed by atoms with E-state index in [1.54, 1.807) is 12.1 Å². The van der Waals surface area contributed by atoms with Crippen molar-refractivity contribution in [1.29, 1.82) is 0 Å². The average Bonchev–Trinajstić information content (AvgIpc) is 3.10. The Balaban J connectivity index is 1.48. The van der Waals surface area contributed by atoms with Crippen LogP contribution < -0.4 is 10.0 Å². The van der Waals surface area contributed by atoms with E-state index in [2.05, 4.69) is 15.0 Å². The van der Waals surface area contributed by atoms with Crippen LogP contribution in [0.5, 0.6) is 0 Å². The van der Waals surface area contributed by atoms with Crippen LogP contribution in [0.25, 0.3) is 10.9 Å². The largest absolute Gasteiger partial charge is 0.358 e. The fourth-order valence-corrected chi connectivity index (χ4v) is 4.47. The molecule has 2 aromatic carbocycles. The Morgan fingerprint density at radius 1 is 1.07 bits per heavy atom. The van der Waals surface area contributed by atoms with Gasteiger partial charge >= 0.3 is 0 Å². The molecule has 0 spiro atoms. The van der Waals surface area contributed by atoms with Crippen LogP contribution in [0.2, 0.25) is 0 Å². The zero-order valence-electron chi connectivity index (χ0n) is 15.7. The third-order valence-corrected chi connectivity index (χ3v) is 6.75. The summed E-state index contributed by atoms with van der Waals surface area (Å²) in [5, 5.41) is 4.05. The van der Waals surface area contributed by atoms with Gasteiger partial charge in [-0.05, 0) is 74.2 Å². The molecule has 1 aliphatic carbocycles. The number of carbonyl (C=O) groups excluding carboxylic acids is 1. The topological polar surface area (TPSA) is 91.1 Å². The molecule has 0 fully saturated rings. The molecular weight excluding hydrogens is 374 g/mol. The molecule has 0 atom stereocenters. The predicted octanol–water partition coefficient (Wildman–Crippen LogP) is 2.88. The molecule has 0 radical (unpaired) electrons. The molecular formula is C21H23N3O3S. The van der Waals surface area contributed by atoms with Gasteiger partial charge in [0.05, 0.1) is 4.90 Å². The molecule has 7 heteroatoms. The van der Waals surface area contributed by atoms with E-state index in [4.69, 9.17) is 0 Å². The van der Waals surface area contributed by atoms with Crippen LogP contribution >= 0.6 is 0 Å². The maximum Gasteiger partial charge on any atom is 0.251 e. The molecule has 3 N–H and O–H groups in total. The second kappa shape index (κ2) is 7.41. The predicted molar refractivity (Wildman–Crippen MR) is 109 cm³/mol. The number of H-pyrrole nitrogens is 1. The molecule has 0 aliphatic heterocycles. The molecule has 0 saturated carbocycles. The number of amides is 1. The van der Waals surface area contributed by atoms with E-state index in [0.717, 1.165) is 29.3 Å². The van der Waals surface area contributed by atoms with E-state index in [-0.39, 0.29) is 10.8 Å². The lowest BCUT2D eigenvalue weighted by molar-refractivity contribution is 0.0951. The lowest BCUT2D eigenvalue weighted by Gasteiger charge is -2.10. The van der Waals surface area contributed by atoms with Gasteiger partial charge in [0.2, 0.25) is 10.0 Å². The van der Waals surface area contributed by atoms with Crippen molar-refractivity contribution in [2.75, 3.05) is 7.05 Å². The van der Waals surface area contributed by atoms with Crippen molar-refractivity contribution in [2.24, 2.45) is 0 Å². The maximum atomic E-state index is 12.6. The minimum absolute atomic E-state index is 0.139. The number of aromatic nitrogens is 1. The molecule has 6 nitrogen and oxygen atoms in total. The second-order valence-electron chi connectivity index (χ2n) is 7.08. The van der Waals surface area contributed by atoms with E-state index in [0.29, 0.717) is 12.1 Å². The first-order valence-electron chi connectivity index (χ1n) is 9.42. The normalized spacial score (nSPS) is 14.0. The van der Waals surface area contributed by atoms with Crippen LogP contribution in [0, 0.1) is 0 Å². The van der Waals surface area contributed by atoms with E-state index in [1.807, 2.05) is 18.2 Å². The first kappa shape index (κ1) is 18.7. The van der Waals surface area contributed by atoms with Crippen molar-refractivity contribution in [3.8, 4) is 0 Å². The van der Waals surface area contributed by atoms with Gasteiger partial charge in [-0.2, -0.15) is 0 Å². The summed E-state index contributed by atoms with van der Waals surface area (Å²) >= 11 is 0. The minimum Gasteiger partial charge on any atom is -0.358 e. The number of hydrogen-bond acceptors (Lipinski definition) is 3. The molecule has 1 heterocycles. The van der Waals surface area contributed by atoms with Crippen molar-refractivity contribution in [2.45, 2.75) is 37.1 Å². The van der Waals surface area contributed by atoms with Gasteiger partial charge in [-0.15, -0.1) is 0 Å². The number of carbonyl (C=O) groups is 1. The van der Waals surface area contributed by atoms with Gasteiger partial charge in [0, 0.05) is 28.7 Å². The Labute approximate surface area is 164 Å². The maximum absolute atomic E-state index is 12.6. The molecule has 1 aromatic heterocycles. The summed E-state index contributed by atoms with van der Waals surface area (Å²) in [6.07, 6.45) is 4.53. The van der Waals surface area contributed by atoms with Crippen molar-refractivity contribution < 1.29 is 13.2 Å². The average molecular weight is 398 g/mol. The number of aromatic amines is 1. The standard InChI is InChI=1S/C21H23N3O3S/c1-22-28(26,27)16-9-6-14(7-10-16)13-23-21(25)15-8-11-20-18(12-15)17-4-2-3-5-19(17)24-20/h6-12,22,24H,2-5,13H2,1H3,(H,23,25). The smallest absolute Gasteiger partial charge is 0.251 e. The second-order valence-corrected chi connectivity index (χ2v) is 8.97. The Bertz CT molecular complexity index is 1130. The molecule has 28 heavy (non-hydrogen) atoms. The van der Waals surface area contributed by atoms with Crippen molar-refractivity contribution in [3.63, 3.8) is 0 Å². The van der Waals surface area contributed by atoms with E-state index in [9.17, 15) is 13.2 Å². The summed E-state index contributed by atoms with van der Waals surface area (Å²) in [5.41, 5.74) is 5.20. The van der Waals surface area contributed by atoms with Crippen LogP contribution in [-0.4, -0.2) is 26.4 Å². The Kier molecular flexibility index (Phi) is 4.95. The number of fused-ring (bicyclic) bond motifs is 3. The van der Waals surface area contributed by atoms with E-state index >= 15 is 0 Å². The van der Waals surface area contributed by atoms with E-state index in [1.165, 1.54) is 43.3 Å². The molecule has 3 aromatic rings. The number of rotatable bonds is 5. The van der Waals surface area contributed by atoms with Gasteiger partial charge in [-0.25, -0.2) is 13.1 Å². The van der Waals surface area contributed by atoms with Crippen LogP contribution in [0.4, 0.5) is 0 Å². The fraction of sp³-hybridized carbons (Fsp3) is 0.286. The molecule has 4 rings (SSSR count). The van der Waals surface area contributed by atoms with Gasteiger partial charge in [0.1, 0.15) is 0 Å². The van der Waals surface area contributed by atoms with Crippen LogP contribution in [0.15, 0.2) is 47.4 Å². The summed E-state index contributed by atoms with van der Waals surface area (Å²) < 4.78 is 25.8. The van der Waals surface area contributed by atoms with Crippen LogP contribution in [0.3, 0.4) is 0 Å². The Morgan fingerprint density at radius 2 is 1.82 bits per heavy atom. The highest BCUT2D eigenvalue weighted by molar-refractivity contribution is 7.89. The molecule has 1 aliphatic rings. The highest BCUT2D eigenvalue weighted by Crippen LogP contribution is 2.29. The highest BCUT2D eigenvalue weighted by Gasteiger charge is 2.17. The third-order valence-electron chi connectivity index (χ3n) is 5.32. The first-order valence-corrected chi connectivity index (χ1v) is 10.9. The van der Waals surface area contributed by atoms with Crippen molar-refractivity contribution >= 4 is 26.8 Å². The molecule has 146 valence electrons. The summed E-state index contributed by atoms with van der Waals surface area (Å²) in [4.78, 5) is 16.3. The summed E-state index contributed by atoms with van der Waals surface area (Å²) in [7, 11) is -2.08. The zero-order chi connectivity index (χ0) is 19.7. The number of benzene rings is 2. The highest BCUT2D eigenvalue weighted by atomic mass is 32.2. The molecule has 0 unspecified atom stereocenters. The minimum atomic E-state index is -3.45. The van der Waals surface area contributed by atoms with Gasteiger partial charge in [0.15, 0.2) is 0 Å². The first-order chi connectivity index (χ1) is 13.5. The molecule has 0 bridgehead atoms. The number of nitrogens with one attached hydrogen (secondary N) is 3. The SMILES string of the molecule is CNS(=O)(=O)c1ccc(CNC(=O)c2ccc3[nH]c4c(c3c2)CCCC4)cc1. The van der Waals surface area contributed by atoms with Gasteiger partial charge < -0.3 is 10.3 Å². The van der Waals surface area contributed by atoms with Gasteiger partial charge in [-0.3, -0.25) is 4.79 Å². The van der Waals surface area contributed by atoms with Crippen molar-refractivity contribution in [3.05, 3.63) is 64.8 Å². The Hall–Kier alpha value is -2.64. The van der Waals surface area contributed by atoms with Gasteiger partial charge in [-0.1, -0.05) is 12.1 Å². The van der Waals surface area contributed by atoms with Crippen molar-refractivity contribution in [1.82, 2.24) is 15.0 Å². The molecule has 1 amide bonds. The zero-order valence-corrected chi connectivity index (χ0v) is 16.5. The Morgan fingerprint density at radius 3 is 2.57 bits per heavy atom. The lowest BCUT2D eigenvalue weighted by Crippen LogP contribution is -2.23. The fourth-order valence-electron chi connectivity index (χ4n) is 3.74. The number of sulfonamides is 1. The summed E-state index contributed by atoms with van der Waals surface area (Å²) in [6, 6.07) is 12.2. The van der Waals surface area contributed by atoms with Gasteiger partial charge in [0.25, 0.3) is 5.91 Å².